The molecule has 0 fully saturated rings. The van der Waals surface area contributed by atoms with Gasteiger partial charge in [-0.2, -0.15) is 0 Å². The molecule has 0 radical (unpaired) electrons. The number of hydrogen-bond donors (Lipinski definition) is 1. The molecule has 2 rings (SSSR count). The minimum atomic E-state index is -0.740. The molecule has 0 amide bonds. The molecule has 2 aromatic carbocycles. The summed E-state index contributed by atoms with van der Waals surface area (Å²) in [5, 5.41) is 21.3. The van der Waals surface area contributed by atoms with Gasteiger partial charge in [-0.1, -0.05) is 36.4 Å². The number of nitrogens with zero attached hydrogens (tertiary/aromatic N) is 1. The van der Waals surface area contributed by atoms with Gasteiger partial charge in [0.05, 0.1) is 11.0 Å². The highest BCUT2D eigenvalue weighted by atomic mass is 16.6. The van der Waals surface area contributed by atoms with E-state index in [1.54, 1.807) is 18.2 Å². The van der Waals surface area contributed by atoms with Gasteiger partial charge in [-0.3, -0.25) is 10.1 Å². The Hall–Kier alpha value is -2.20. The first-order valence-electron chi connectivity index (χ1n) is 6.47. The summed E-state index contributed by atoms with van der Waals surface area (Å²) in [4.78, 5) is 10.6. The Balaban J connectivity index is 2.30. The van der Waals surface area contributed by atoms with E-state index in [-0.39, 0.29) is 12.1 Å². The van der Waals surface area contributed by atoms with Crippen LogP contribution >= 0.6 is 0 Å². The Morgan fingerprint density at radius 3 is 2.55 bits per heavy atom. The summed E-state index contributed by atoms with van der Waals surface area (Å²) >= 11 is 0. The second-order valence-corrected chi connectivity index (χ2v) is 4.89. The summed E-state index contributed by atoms with van der Waals surface area (Å²) in [6.07, 6.45) is -0.502. The maximum atomic E-state index is 11.0. The summed E-state index contributed by atoms with van der Waals surface area (Å²) in [7, 11) is 0. The number of aliphatic hydroxyl groups excluding tert-OH is 1. The van der Waals surface area contributed by atoms with Crippen LogP contribution in [0.3, 0.4) is 0 Å². The van der Waals surface area contributed by atoms with Crippen molar-refractivity contribution in [1.29, 1.82) is 0 Å². The number of nitro benzene ring substituents is 1. The molecule has 0 heterocycles. The van der Waals surface area contributed by atoms with Gasteiger partial charge in [0.1, 0.15) is 0 Å². The predicted molar refractivity (Wildman–Crippen MR) is 77.7 cm³/mol. The van der Waals surface area contributed by atoms with Crippen LogP contribution in [0, 0.1) is 24.0 Å². The van der Waals surface area contributed by atoms with E-state index in [9.17, 15) is 15.2 Å². The average Bonchev–Trinajstić information content (AvgIpc) is 2.42. The number of para-hydroxylation sites is 1. The van der Waals surface area contributed by atoms with Crippen LogP contribution in [0.1, 0.15) is 28.4 Å². The van der Waals surface area contributed by atoms with Crippen molar-refractivity contribution in [3.8, 4) is 0 Å². The molecule has 104 valence electrons. The van der Waals surface area contributed by atoms with Crippen LogP contribution in [-0.2, 0) is 6.42 Å². The SMILES string of the molecule is Cc1cccc(C(O)Cc2ccccc2[N+](=O)[O-])c1C. The first-order valence-corrected chi connectivity index (χ1v) is 6.47. The van der Waals surface area contributed by atoms with Crippen LogP contribution in [0.2, 0.25) is 0 Å². The molecular weight excluding hydrogens is 254 g/mol. The monoisotopic (exact) mass is 271 g/mol. The van der Waals surface area contributed by atoms with E-state index < -0.39 is 11.0 Å². The van der Waals surface area contributed by atoms with Gasteiger partial charge in [-0.05, 0) is 30.5 Å². The molecule has 0 spiro atoms. The molecule has 0 bridgehead atoms. The van der Waals surface area contributed by atoms with E-state index >= 15 is 0 Å². The molecule has 1 atom stereocenters. The average molecular weight is 271 g/mol. The molecule has 20 heavy (non-hydrogen) atoms. The van der Waals surface area contributed by atoms with Crippen molar-refractivity contribution in [1.82, 2.24) is 0 Å². The zero-order valence-electron chi connectivity index (χ0n) is 11.5. The standard InChI is InChI=1S/C16H17NO3/c1-11-6-5-8-14(12(11)2)16(18)10-13-7-3-4-9-15(13)17(19)20/h3-9,16,18H,10H2,1-2H3. The lowest BCUT2D eigenvalue weighted by Gasteiger charge is -2.15. The largest absolute Gasteiger partial charge is 0.388 e. The quantitative estimate of drug-likeness (QED) is 0.684. The molecule has 4 nitrogen and oxygen atoms in total. The van der Waals surface area contributed by atoms with E-state index in [1.807, 2.05) is 32.0 Å². The van der Waals surface area contributed by atoms with Gasteiger partial charge >= 0.3 is 0 Å². The van der Waals surface area contributed by atoms with E-state index in [4.69, 9.17) is 0 Å². The van der Waals surface area contributed by atoms with E-state index in [0.29, 0.717) is 5.56 Å². The fraction of sp³-hybridized carbons (Fsp3) is 0.250. The highest BCUT2D eigenvalue weighted by molar-refractivity contribution is 5.42. The molecule has 2 aromatic rings. The third kappa shape index (κ3) is 2.86. The van der Waals surface area contributed by atoms with Crippen LogP contribution in [0.4, 0.5) is 5.69 Å². The molecule has 0 saturated carbocycles. The third-order valence-corrected chi connectivity index (χ3v) is 3.61. The summed E-state index contributed by atoms with van der Waals surface area (Å²) in [6.45, 7) is 3.93. The zero-order valence-corrected chi connectivity index (χ0v) is 11.5. The Morgan fingerprint density at radius 2 is 1.85 bits per heavy atom. The van der Waals surface area contributed by atoms with Crippen LogP contribution in [0.15, 0.2) is 42.5 Å². The minimum Gasteiger partial charge on any atom is -0.388 e. The number of rotatable bonds is 4. The smallest absolute Gasteiger partial charge is 0.272 e. The molecule has 0 aliphatic rings. The number of benzene rings is 2. The van der Waals surface area contributed by atoms with Gasteiger partial charge < -0.3 is 5.11 Å². The summed E-state index contributed by atoms with van der Waals surface area (Å²) < 4.78 is 0. The summed E-state index contributed by atoms with van der Waals surface area (Å²) in [5.41, 5.74) is 3.55. The molecule has 0 aliphatic heterocycles. The number of aliphatic hydroxyl groups is 1. The van der Waals surface area contributed by atoms with Crippen LogP contribution in [0.5, 0.6) is 0 Å². The predicted octanol–water partition coefficient (Wildman–Crippen LogP) is 3.49. The highest BCUT2D eigenvalue weighted by Crippen LogP contribution is 2.27. The molecule has 1 unspecified atom stereocenters. The van der Waals surface area contributed by atoms with Gasteiger partial charge in [-0.15, -0.1) is 0 Å². The van der Waals surface area contributed by atoms with E-state index in [2.05, 4.69) is 0 Å². The van der Waals surface area contributed by atoms with Crippen molar-refractivity contribution in [2.45, 2.75) is 26.4 Å². The summed E-state index contributed by atoms with van der Waals surface area (Å²) in [6, 6.07) is 12.3. The van der Waals surface area contributed by atoms with Crippen molar-refractivity contribution in [2.24, 2.45) is 0 Å². The van der Waals surface area contributed by atoms with Gasteiger partial charge in [0.2, 0.25) is 0 Å². The molecule has 0 saturated heterocycles. The topological polar surface area (TPSA) is 63.4 Å². The molecule has 0 aromatic heterocycles. The fourth-order valence-electron chi connectivity index (χ4n) is 2.31. The number of hydrogen-bond acceptors (Lipinski definition) is 3. The van der Waals surface area contributed by atoms with E-state index in [0.717, 1.165) is 16.7 Å². The van der Waals surface area contributed by atoms with Crippen molar-refractivity contribution in [3.63, 3.8) is 0 Å². The first kappa shape index (κ1) is 14.2. The molecule has 4 heteroatoms. The van der Waals surface area contributed by atoms with Gasteiger partial charge in [0.25, 0.3) is 5.69 Å². The molecule has 0 aliphatic carbocycles. The number of nitro groups is 1. The Morgan fingerprint density at radius 1 is 1.15 bits per heavy atom. The molecule has 1 N–H and O–H groups in total. The van der Waals surface area contributed by atoms with Gasteiger partial charge in [0.15, 0.2) is 0 Å². The van der Waals surface area contributed by atoms with E-state index in [1.165, 1.54) is 6.07 Å². The van der Waals surface area contributed by atoms with Crippen LogP contribution in [-0.4, -0.2) is 10.0 Å². The van der Waals surface area contributed by atoms with Crippen LogP contribution < -0.4 is 0 Å². The fourth-order valence-corrected chi connectivity index (χ4v) is 2.31. The lowest BCUT2D eigenvalue weighted by atomic mass is 9.94. The van der Waals surface area contributed by atoms with Crippen LogP contribution in [0.25, 0.3) is 0 Å². The normalized spacial score (nSPS) is 12.2. The zero-order chi connectivity index (χ0) is 14.7. The Labute approximate surface area is 117 Å². The lowest BCUT2D eigenvalue weighted by molar-refractivity contribution is -0.385. The second kappa shape index (κ2) is 5.84. The Kier molecular flexibility index (Phi) is 4.15. The van der Waals surface area contributed by atoms with Crippen molar-refractivity contribution >= 4 is 5.69 Å². The maximum Gasteiger partial charge on any atom is 0.272 e. The second-order valence-electron chi connectivity index (χ2n) is 4.89. The first-order chi connectivity index (χ1) is 9.50. The molecular formula is C16H17NO3. The summed E-state index contributed by atoms with van der Waals surface area (Å²) in [5.74, 6) is 0. The van der Waals surface area contributed by atoms with Gasteiger partial charge in [-0.25, -0.2) is 0 Å². The van der Waals surface area contributed by atoms with Gasteiger partial charge in [0, 0.05) is 18.1 Å². The maximum absolute atomic E-state index is 11.0. The highest BCUT2D eigenvalue weighted by Gasteiger charge is 2.18. The minimum absolute atomic E-state index is 0.0526. The van der Waals surface area contributed by atoms with Crippen molar-refractivity contribution in [2.75, 3.05) is 0 Å². The lowest BCUT2D eigenvalue weighted by Crippen LogP contribution is -2.06. The van der Waals surface area contributed by atoms with Crippen molar-refractivity contribution in [3.05, 3.63) is 74.8 Å². The van der Waals surface area contributed by atoms with Crippen molar-refractivity contribution < 1.29 is 10.0 Å². The Bertz CT molecular complexity index is 637. The number of aryl methyl sites for hydroxylation is 1. The third-order valence-electron chi connectivity index (χ3n) is 3.61.